The molecule has 32 heavy (non-hydrogen) atoms. The van der Waals surface area contributed by atoms with E-state index in [1.807, 2.05) is 6.92 Å². The van der Waals surface area contributed by atoms with Gasteiger partial charge < -0.3 is 10.1 Å². The number of ether oxygens (including phenoxy) is 1. The first-order valence-electron chi connectivity index (χ1n) is 10.3. The summed E-state index contributed by atoms with van der Waals surface area (Å²) in [5.41, 5.74) is 2.29. The molecule has 4 rings (SSSR count). The van der Waals surface area contributed by atoms with Crippen LogP contribution >= 0.6 is 0 Å². The monoisotopic (exact) mass is 431 g/mol. The molecule has 3 aromatic rings. The Balaban J connectivity index is 1.69. The van der Waals surface area contributed by atoms with Gasteiger partial charge in [-0.1, -0.05) is 19.1 Å². The Morgan fingerprint density at radius 2 is 1.62 bits per heavy atom. The first-order chi connectivity index (χ1) is 15.6. The van der Waals surface area contributed by atoms with Gasteiger partial charge in [0.25, 0.3) is 11.8 Å². The lowest BCUT2D eigenvalue weighted by molar-refractivity contribution is -0.137. The summed E-state index contributed by atoms with van der Waals surface area (Å²) in [6.45, 7) is 2.74. The Kier molecular flexibility index (Phi) is 6.26. The van der Waals surface area contributed by atoms with E-state index in [4.69, 9.17) is 4.74 Å². The van der Waals surface area contributed by atoms with Crippen molar-refractivity contribution in [2.45, 2.75) is 19.9 Å². The van der Waals surface area contributed by atoms with Crippen molar-refractivity contribution in [3.8, 4) is 5.75 Å². The molecule has 0 aliphatic carbocycles. The molecule has 1 aromatic heterocycles. The number of carbonyl (C=O) groups is 2. The zero-order chi connectivity index (χ0) is 22.5. The van der Waals surface area contributed by atoms with Crippen molar-refractivity contribution in [3.63, 3.8) is 0 Å². The second-order valence-electron chi connectivity index (χ2n) is 7.31. The summed E-state index contributed by atoms with van der Waals surface area (Å²) in [5, 5.41) is 3.02. The quantitative estimate of drug-likeness (QED) is 0.535. The molecule has 2 heterocycles. The second kappa shape index (κ2) is 9.43. The smallest absolute Gasteiger partial charge is 0.278 e. The SMILES string of the molecule is CCCOc1ccc(C2=C(Nc3ccc(F)cc3)C(=O)N(Cc3ccncc3)C2=O)cc1. The number of aromatic nitrogens is 1. The molecule has 7 heteroatoms. The number of anilines is 1. The molecule has 162 valence electrons. The van der Waals surface area contributed by atoms with Gasteiger partial charge in [0.15, 0.2) is 0 Å². The molecule has 1 aliphatic rings. The van der Waals surface area contributed by atoms with Gasteiger partial charge in [-0.25, -0.2) is 4.39 Å². The predicted octanol–water partition coefficient (Wildman–Crippen LogP) is 4.40. The van der Waals surface area contributed by atoms with Gasteiger partial charge in [0.2, 0.25) is 0 Å². The van der Waals surface area contributed by atoms with E-state index in [0.29, 0.717) is 23.6 Å². The summed E-state index contributed by atoms with van der Waals surface area (Å²) in [5.74, 6) is -0.550. The Hall–Kier alpha value is -4.00. The normalized spacial score (nSPS) is 13.6. The first-order valence-corrected chi connectivity index (χ1v) is 10.3. The van der Waals surface area contributed by atoms with Crippen LogP contribution in [0.15, 0.2) is 78.8 Å². The second-order valence-corrected chi connectivity index (χ2v) is 7.31. The van der Waals surface area contributed by atoms with Crippen LogP contribution in [0.25, 0.3) is 5.57 Å². The molecular weight excluding hydrogens is 409 g/mol. The summed E-state index contributed by atoms with van der Waals surface area (Å²) >= 11 is 0. The van der Waals surface area contributed by atoms with Crippen molar-refractivity contribution in [2.24, 2.45) is 0 Å². The molecule has 0 fully saturated rings. The highest BCUT2D eigenvalue weighted by atomic mass is 19.1. The van der Waals surface area contributed by atoms with Gasteiger partial charge in [0.05, 0.1) is 18.7 Å². The number of amides is 2. The van der Waals surface area contributed by atoms with Gasteiger partial charge >= 0.3 is 0 Å². The summed E-state index contributed by atoms with van der Waals surface area (Å²) in [4.78, 5) is 31.8. The highest BCUT2D eigenvalue weighted by Crippen LogP contribution is 2.32. The third kappa shape index (κ3) is 4.51. The Bertz CT molecular complexity index is 1140. The van der Waals surface area contributed by atoms with Gasteiger partial charge in [-0.2, -0.15) is 0 Å². The van der Waals surface area contributed by atoms with E-state index in [1.165, 1.54) is 29.2 Å². The van der Waals surface area contributed by atoms with E-state index < -0.39 is 11.8 Å². The molecule has 1 aliphatic heterocycles. The molecule has 0 bridgehead atoms. The summed E-state index contributed by atoms with van der Waals surface area (Å²) in [6.07, 6.45) is 4.11. The van der Waals surface area contributed by atoms with Gasteiger partial charge in [-0.15, -0.1) is 0 Å². The van der Waals surface area contributed by atoms with Crippen LogP contribution in [-0.2, 0) is 16.1 Å². The van der Waals surface area contributed by atoms with Crippen molar-refractivity contribution in [1.82, 2.24) is 9.88 Å². The lowest BCUT2D eigenvalue weighted by Crippen LogP contribution is -2.32. The minimum Gasteiger partial charge on any atom is -0.494 e. The maximum Gasteiger partial charge on any atom is 0.278 e. The number of halogens is 1. The Morgan fingerprint density at radius 3 is 2.28 bits per heavy atom. The maximum absolute atomic E-state index is 13.3. The lowest BCUT2D eigenvalue weighted by atomic mass is 10.0. The number of hydrogen-bond acceptors (Lipinski definition) is 5. The molecule has 0 unspecified atom stereocenters. The molecule has 0 saturated heterocycles. The molecule has 0 spiro atoms. The Labute approximate surface area is 185 Å². The zero-order valence-corrected chi connectivity index (χ0v) is 17.5. The van der Waals surface area contributed by atoms with E-state index in [0.717, 1.165) is 12.0 Å². The highest BCUT2D eigenvalue weighted by Gasteiger charge is 2.39. The van der Waals surface area contributed by atoms with Crippen LogP contribution in [0, 0.1) is 5.82 Å². The number of hydrogen-bond donors (Lipinski definition) is 1. The van der Waals surface area contributed by atoms with Crippen molar-refractivity contribution < 1.29 is 18.7 Å². The van der Waals surface area contributed by atoms with Crippen molar-refractivity contribution >= 4 is 23.1 Å². The molecular formula is C25H22FN3O3. The molecule has 0 saturated carbocycles. The fourth-order valence-electron chi connectivity index (χ4n) is 3.39. The first kappa shape index (κ1) is 21.2. The van der Waals surface area contributed by atoms with Crippen molar-refractivity contribution in [3.05, 3.63) is 95.7 Å². The number of nitrogens with zero attached hydrogens (tertiary/aromatic N) is 2. The van der Waals surface area contributed by atoms with E-state index in [9.17, 15) is 14.0 Å². The number of nitrogens with one attached hydrogen (secondary N) is 1. The minimum atomic E-state index is -0.447. The van der Waals surface area contributed by atoms with E-state index in [-0.39, 0.29) is 23.6 Å². The predicted molar refractivity (Wildman–Crippen MR) is 119 cm³/mol. The number of imide groups is 1. The summed E-state index contributed by atoms with van der Waals surface area (Å²) in [7, 11) is 0. The zero-order valence-electron chi connectivity index (χ0n) is 17.5. The molecule has 1 N–H and O–H groups in total. The van der Waals surface area contributed by atoms with Gasteiger partial charge in [0, 0.05) is 18.1 Å². The van der Waals surface area contributed by atoms with Crippen LogP contribution in [0.4, 0.5) is 10.1 Å². The fourth-order valence-corrected chi connectivity index (χ4v) is 3.39. The van der Waals surface area contributed by atoms with Crippen molar-refractivity contribution in [1.29, 1.82) is 0 Å². The molecule has 0 radical (unpaired) electrons. The summed E-state index contributed by atoms with van der Waals surface area (Å²) in [6, 6.07) is 16.2. The van der Waals surface area contributed by atoms with Gasteiger partial charge in [0.1, 0.15) is 17.3 Å². The third-order valence-corrected chi connectivity index (χ3v) is 4.99. The lowest BCUT2D eigenvalue weighted by Gasteiger charge is -2.15. The molecule has 6 nitrogen and oxygen atoms in total. The van der Waals surface area contributed by atoms with Crippen LogP contribution < -0.4 is 10.1 Å². The standard InChI is InChI=1S/C25H22FN3O3/c1-2-15-32-21-9-3-18(4-10-21)22-23(28-20-7-5-19(26)6-8-20)25(31)29(24(22)30)16-17-11-13-27-14-12-17/h3-14,28H,2,15-16H2,1H3. The van der Waals surface area contributed by atoms with E-state index in [2.05, 4.69) is 10.3 Å². The average molecular weight is 431 g/mol. The topological polar surface area (TPSA) is 71.5 Å². The van der Waals surface area contributed by atoms with Gasteiger partial charge in [-0.3, -0.25) is 19.5 Å². The Morgan fingerprint density at radius 1 is 0.938 bits per heavy atom. The average Bonchev–Trinajstić information content (AvgIpc) is 3.04. The number of benzene rings is 2. The number of pyridine rings is 1. The van der Waals surface area contributed by atoms with E-state index >= 15 is 0 Å². The maximum atomic E-state index is 13.3. The number of carbonyl (C=O) groups excluding carboxylic acids is 2. The third-order valence-electron chi connectivity index (χ3n) is 4.99. The molecule has 2 amide bonds. The van der Waals surface area contributed by atoms with Crippen LogP contribution in [0.3, 0.4) is 0 Å². The van der Waals surface area contributed by atoms with Crippen molar-refractivity contribution in [2.75, 3.05) is 11.9 Å². The van der Waals surface area contributed by atoms with Crippen LogP contribution in [0.2, 0.25) is 0 Å². The minimum absolute atomic E-state index is 0.121. The fraction of sp³-hybridized carbons (Fsp3) is 0.160. The molecule has 2 aromatic carbocycles. The number of rotatable bonds is 8. The summed E-state index contributed by atoms with van der Waals surface area (Å²) < 4.78 is 18.9. The van der Waals surface area contributed by atoms with Gasteiger partial charge in [-0.05, 0) is 66.1 Å². The highest BCUT2D eigenvalue weighted by molar-refractivity contribution is 6.36. The largest absolute Gasteiger partial charge is 0.494 e. The van der Waals surface area contributed by atoms with Crippen LogP contribution in [-0.4, -0.2) is 28.3 Å². The van der Waals surface area contributed by atoms with Crippen LogP contribution in [0.5, 0.6) is 5.75 Å². The van der Waals surface area contributed by atoms with E-state index in [1.54, 1.807) is 48.8 Å². The van der Waals surface area contributed by atoms with Crippen LogP contribution in [0.1, 0.15) is 24.5 Å². The molecule has 0 atom stereocenters.